The number of hydrogen-bond donors (Lipinski definition) is 3. The normalized spacial score (nSPS) is 16.6. The summed E-state index contributed by atoms with van der Waals surface area (Å²) in [6, 6.07) is 0.238. The lowest BCUT2D eigenvalue weighted by Gasteiger charge is -2.13. The number of hydrazine groups is 1. The Balaban J connectivity index is 2.15. The fraction of sp³-hybridized carbons (Fsp3) is 0.700. The molecular weight excluding hydrogens is 254 g/mol. The summed E-state index contributed by atoms with van der Waals surface area (Å²) >= 11 is 1.29. The van der Waals surface area contributed by atoms with Gasteiger partial charge in [-0.15, -0.1) is 5.10 Å². The number of carbonyl (C=O) groups is 1. The van der Waals surface area contributed by atoms with E-state index in [9.17, 15) is 9.59 Å². The second-order valence-corrected chi connectivity index (χ2v) is 5.49. The number of thioether (sulfide) groups is 1. The standard InChI is InChI=1S/C10H17N5O2S/c1-2-3-7(8(16)12-11)18-10-14-13-9(17)15(10)6-4-5-6/h6-7H,2-5,11H2,1H3,(H,12,16)(H,13,17). The minimum atomic E-state index is -0.312. The lowest BCUT2D eigenvalue weighted by atomic mass is 10.2. The minimum absolute atomic E-state index is 0.205. The summed E-state index contributed by atoms with van der Waals surface area (Å²) < 4.78 is 1.64. The van der Waals surface area contributed by atoms with E-state index in [1.165, 1.54) is 11.8 Å². The average molecular weight is 271 g/mol. The fourth-order valence-electron chi connectivity index (χ4n) is 1.75. The number of nitrogens with one attached hydrogen (secondary N) is 2. The highest BCUT2D eigenvalue weighted by Gasteiger charge is 2.30. The van der Waals surface area contributed by atoms with Gasteiger partial charge in [-0.3, -0.25) is 14.8 Å². The Morgan fingerprint density at radius 2 is 2.44 bits per heavy atom. The van der Waals surface area contributed by atoms with E-state index in [0.717, 1.165) is 19.3 Å². The van der Waals surface area contributed by atoms with Gasteiger partial charge in [-0.05, 0) is 19.3 Å². The van der Waals surface area contributed by atoms with E-state index in [-0.39, 0.29) is 22.9 Å². The molecule has 0 aliphatic heterocycles. The predicted molar refractivity (Wildman–Crippen MR) is 68.0 cm³/mol. The number of rotatable bonds is 6. The summed E-state index contributed by atoms with van der Waals surface area (Å²) in [5.74, 6) is 4.93. The van der Waals surface area contributed by atoms with Gasteiger partial charge in [0.2, 0.25) is 5.91 Å². The highest BCUT2D eigenvalue weighted by atomic mass is 32.2. The molecule has 2 rings (SSSR count). The van der Waals surface area contributed by atoms with E-state index in [1.807, 2.05) is 6.92 Å². The molecule has 1 atom stereocenters. The summed E-state index contributed by atoms with van der Waals surface area (Å²) in [6.07, 6.45) is 3.55. The average Bonchev–Trinajstić information content (AvgIpc) is 3.13. The van der Waals surface area contributed by atoms with Crippen molar-refractivity contribution in [3.05, 3.63) is 10.5 Å². The molecule has 0 spiro atoms. The lowest BCUT2D eigenvalue weighted by Crippen LogP contribution is -2.37. The van der Waals surface area contributed by atoms with Crippen LogP contribution in [0.1, 0.15) is 38.6 Å². The number of H-pyrrole nitrogens is 1. The first-order valence-corrected chi connectivity index (χ1v) is 6.89. The number of aromatic amines is 1. The largest absolute Gasteiger partial charge is 0.344 e. The van der Waals surface area contributed by atoms with Crippen molar-refractivity contribution in [2.24, 2.45) is 5.84 Å². The summed E-state index contributed by atoms with van der Waals surface area (Å²) in [5.41, 5.74) is 1.95. The van der Waals surface area contributed by atoms with Gasteiger partial charge >= 0.3 is 5.69 Å². The van der Waals surface area contributed by atoms with Crippen molar-refractivity contribution in [1.29, 1.82) is 0 Å². The molecule has 1 aliphatic carbocycles. The van der Waals surface area contributed by atoms with Crippen LogP contribution in [0.4, 0.5) is 0 Å². The van der Waals surface area contributed by atoms with Crippen molar-refractivity contribution in [2.75, 3.05) is 0 Å². The molecule has 1 aromatic heterocycles. The van der Waals surface area contributed by atoms with E-state index >= 15 is 0 Å². The Morgan fingerprint density at radius 3 is 3.00 bits per heavy atom. The zero-order valence-corrected chi connectivity index (χ0v) is 11.0. The number of nitrogens with two attached hydrogens (primary N) is 1. The Bertz CT molecular complexity index is 479. The first kappa shape index (κ1) is 13.2. The first-order valence-electron chi connectivity index (χ1n) is 6.01. The molecule has 8 heteroatoms. The third kappa shape index (κ3) is 2.75. The van der Waals surface area contributed by atoms with Crippen molar-refractivity contribution in [2.45, 2.75) is 49.1 Å². The van der Waals surface area contributed by atoms with Crippen molar-refractivity contribution < 1.29 is 4.79 Å². The van der Waals surface area contributed by atoms with Gasteiger partial charge in [-0.2, -0.15) is 0 Å². The first-order chi connectivity index (χ1) is 8.67. The second-order valence-electron chi connectivity index (χ2n) is 4.32. The molecule has 0 aromatic carbocycles. The maximum atomic E-state index is 11.6. The predicted octanol–water partition coefficient (Wildman–Crippen LogP) is 0.157. The molecule has 0 bridgehead atoms. The molecule has 0 radical (unpaired) electrons. The van der Waals surface area contributed by atoms with Gasteiger partial charge in [-0.25, -0.2) is 15.7 Å². The number of aromatic nitrogens is 3. The summed E-state index contributed by atoms with van der Waals surface area (Å²) in [7, 11) is 0. The molecule has 1 heterocycles. The highest BCUT2D eigenvalue weighted by Crippen LogP contribution is 2.37. The molecule has 1 amide bonds. The Kier molecular flexibility index (Phi) is 4.07. The van der Waals surface area contributed by atoms with Crippen LogP contribution in [0.5, 0.6) is 0 Å². The monoisotopic (exact) mass is 271 g/mol. The SMILES string of the molecule is CCCC(Sc1n[nH]c(=O)n1C1CC1)C(=O)NN. The molecule has 18 heavy (non-hydrogen) atoms. The molecule has 1 fully saturated rings. The number of nitrogens with zero attached hydrogens (tertiary/aromatic N) is 2. The molecule has 1 saturated carbocycles. The molecule has 100 valence electrons. The van der Waals surface area contributed by atoms with Crippen LogP contribution in [0.3, 0.4) is 0 Å². The van der Waals surface area contributed by atoms with Crippen LogP contribution >= 0.6 is 11.8 Å². The number of carbonyl (C=O) groups excluding carboxylic acids is 1. The van der Waals surface area contributed by atoms with Gasteiger partial charge in [0, 0.05) is 6.04 Å². The van der Waals surface area contributed by atoms with Crippen LogP contribution in [0.2, 0.25) is 0 Å². The summed E-state index contributed by atoms with van der Waals surface area (Å²) in [4.78, 5) is 23.2. The van der Waals surface area contributed by atoms with Gasteiger partial charge in [0.05, 0.1) is 5.25 Å². The fourth-order valence-corrected chi connectivity index (χ4v) is 2.98. The van der Waals surface area contributed by atoms with Gasteiger partial charge in [-0.1, -0.05) is 25.1 Å². The van der Waals surface area contributed by atoms with Crippen molar-refractivity contribution in [3.63, 3.8) is 0 Å². The number of amides is 1. The van der Waals surface area contributed by atoms with E-state index in [4.69, 9.17) is 5.84 Å². The molecular formula is C10H17N5O2S. The summed E-state index contributed by atoms with van der Waals surface area (Å²) in [5, 5.41) is 6.68. The van der Waals surface area contributed by atoms with E-state index in [1.54, 1.807) is 4.57 Å². The van der Waals surface area contributed by atoms with Gasteiger partial charge in [0.1, 0.15) is 0 Å². The second kappa shape index (κ2) is 5.57. The number of hydrogen-bond acceptors (Lipinski definition) is 5. The van der Waals surface area contributed by atoms with E-state index in [2.05, 4.69) is 15.6 Å². The van der Waals surface area contributed by atoms with Crippen LogP contribution in [-0.4, -0.2) is 25.9 Å². The smallest absolute Gasteiger partial charge is 0.293 e. The third-order valence-corrected chi connectivity index (χ3v) is 4.05. The highest BCUT2D eigenvalue weighted by molar-refractivity contribution is 8.00. The summed E-state index contributed by atoms with van der Waals surface area (Å²) in [6.45, 7) is 2.00. The Morgan fingerprint density at radius 1 is 1.72 bits per heavy atom. The van der Waals surface area contributed by atoms with Gasteiger partial charge < -0.3 is 0 Å². The molecule has 4 N–H and O–H groups in total. The van der Waals surface area contributed by atoms with Crippen LogP contribution in [-0.2, 0) is 4.79 Å². The molecule has 0 saturated heterocycles. The Hall–Kier alpha value is -1.28. The maximum absolute atomic E-state index is 11.6. The van der Waals surface area contributed by atoms with Crippen LogP contribution < -0.4 is 17.0 Å². The minimum Gasteiger partial charge on any atom is -0.293 e. The van der Waals surface area contributed by atoms with Crippen LogP contribution in [0.15, 0.2) is 9.95 Å². The van der Waals surface area contributed by atoms with E-state index in [0.29, 0.717) is 11.6 Å². The molecule has 7 nitrogen and oxygen atoms in total. The van der Waals surface area contributed by atoms with E-state index < -0.39 is 0 Å². The van der Waals surface area contributed by atoms with Crippen molar-refractivity contribution >= 4 is 17.7 Å². The van der Waals surface area contributed by atoms with Crippen molar-refractivity contribution in [3.8, 4) is 0 Å². The molecule has 1 aliphatic rings. The van der Waals surface area contributed by atoms with Crippen LogP contribution in [0.25, 0.3) is 0 Å². The zero-order chi connectivity index (χ0) is 13.1. The van der Waals surface area contributed by atoms with Crippen LogP contribution in [0, 0.1) is 0 Å². The maximum Gasteiger partial charge on any atom is 0.344 e. The Labute approximate surface area is 108 Å². The van der Waals surface area contributed by atoms with Gasteiger partial charge in [0.15, 0.2) is 5.16 Å². The third-order valence-electron chi connectivity index (χ3n) is 2.82. The topological polar surface area (TPSA) is 106 Å². The molecule has 1 aromatic rings. The molecule has 1 unspecified atom stereocenters. The van der Waals surface area contributed by atoms with Crippen molar-refractivity contribution in [1.82, 2.24) is 20.2 Å². The zero-order valence-electron chi connectivity index (χ0n) is 10.2. The quantitative estimate of drug-likeness (QED) is 0.296. The lowest BCUT2D eigenvalue weighted by molar-refractivity contribution is -0.120. The van der Waals surface area contributed by atoms with Gasteiger partial charge in [0.25, 0.3) is 0 Å².